The van der Waals surface area contributed by atoms with Crippen LogP contribution in [0.25, 0.3) is 0 Å². The number of nitrogens with one attached hydrogen (secondary N) is 1. The predicted octanol–water partition coefficient (Wildman–Crippen LogP) is 2.85. The molecule has 3 atom stereocenters. The topological polar surface area (TPSA) is 97.2 Å². The van der Waals surface area contributed by atoms with Crippen molar-refractivity contribution < 1.29 is 9.59 Å². The molecule has 5 rings (SSSR count). The number of imide groups is 1. The third kappa shape index (κ3) is 3.62. The molecule has 9 heteroatoms. The lowest BCUT2D eigenvalue weighted by atomic mass is 9.80. The number of nitrogens with zero attached hydrogens (tertiary/aromatic N) is 3. The van der Waals surface area contributed by atoms with Crippen molar-refractivity contribution in [1.82, 2.24) is 14.3 Å². The molecule has 2 heterocycles. The van der Waals surface area contributed by atoms with Gasteiger partial charge in [0.25, 0.3) is 0 Å². The quantitative estimate of drug-likeness (QED) is 0.432. The minimum atomic E-state index is -0.595. The first-order chi connectivity index (χ1) is 15.8. The van der Waals surface area contributed by atoms with Gasteiger partial charge in [-0.1, -0.05) is 57.9 Å². The molecular weight excluding hydrogens is 488 g/mol. The number of allylic oxidation sites excluding steroid dienone is 1. The van der Waals surface area contributed by atoms with Crippen molar-refractivity contribution in [2.45, 2.75) is 25.9 Å². The molecule has 1 aliphatic heterocycles. The van der Waals surface area contributed by atoms with Gasteiger partial charge in [0.05, 0.1) is 30.1 Å². The molecule has 33 heavy (non-hydrogen) atoms. The van der Waals surface area contributed by atoms with Gasteiger partial charge in [0.15, 0.2) is 0 Å². The Bertz CT molecular complexity index is 1380. The number of hydrogen-bond donors (Lipinski definition) is 1. The van der Waals surface area contributed by atoms with Crippen LogP contribution in [-0.2, 0) is 16.1 Å². The highest BCUT2D eigenvalue weighted by atomic mass is 79.9. The average molecular weight is 509 g/mol. The second-order valence-corrected chi connectivity index (χ2v) is 9.34. The molecule has 0 saturated carbocycles. The number of aromatic nitrogens is 3. The van der Waals surface area contributed by atoms with Crippen LogP contribution in [0, 0.1) is 11.8 Å². The molecule has 3 aromatic rings. The molecule has 1 fully saturated rings. The van der Waals surface area contributed by atoms with Gasteiger partial charge in [0.2, 0.25) is 11.8 Å². The van der Waals surface area contributed by atoms with Crippen LogP contribution in [-0.4, -0.2) is 26.2 Å². The lowest BCUT2D eigenvalue weighted by Gasteiger charge is -2.27. The summed E-state index contributed by atoms with van der Waals surface area (Å²) < 4.78 is 3.28. The van der Waals surface area contributed by atoms with E-state index in [1.54, 1.807) is 30.3 Å². The van der Waals surface area contributed by atoms with Gasteiger partial charge >= 0.3 is 11.4 Å². The Kier molecular flexibility index (Phi) is 5.28. The highest BCUT2D eigenvalue weighted by molar-refractivity contribution is 9.10. The molecule has 0 unspecified atom stereocenters. The van der Waals surface area contributed by atoms with E-state index in [-0.39, 0.29) is 24.8 Å². The number of halogens is 1. The molecule has 2 amide bonds. The van der Waals surface area contributed by atoms with Gasteiger partial charge in [-0.05, 0) is 43.2 Å². The van der Waals surface area contributed by atoms with Gasteiger partial charge in [-0.2, -0.15) is 0 Å². The number of aromatic amines is 1. The molecule has 1 N–H and O–H groups in total. The largest absolute Gasteiger partial charge is 0.347 e. The Hall–Kier alpha value is -3.46. The van der Waals surface area contributed by atoms with Gasteiger partial charge in [-0.15, -0.1) is 0 Å². The number of hydrogen-bond acceptors (Lipinski definition) is 4. The number of H-pyrrole nitrogens is 1. The molecule has 0 spiro atoms. The summed E-state index contributed by atoms with van der Waals surface area (Å²) in [6.07, 6.45) is 2.02. The van der Waals surface area contributed by atoms with Crippen LogP contribution in [0.2, 0.25) is 0 Å². The summed E-state index contributed by atoms with van der Waals surface area (Å²) in [5, 5.41) is 2.64. The van der Waals surface area contributed by atoms with Crippen LogP contribution < -0.4 is 16.3 Å². The van der Waals surface area contributed by atoms with Crippen molar-refractivity contribution in [3.63, 3.8) is 0 Å². The maximum absolute atomic E-state index is 13.2. The van der Waals surface area contributed by atoms with Crippen LogP contribution in [0.15, 0.2) is 80.3 Å². The Morgan fingerprint density at radius 1 is 0.970 bits per heavy atom. The lowest BCUT2D eigenvalue weighted by Crippen LogP contribution is -2.35. The fraction of sp³-hybridized carbons (Fsp3) is 0.250. The van der Waals surface area contributed by atoms with E-state index < -0.39 is 29.3 Å². The van der Waals surface area contributed by atoms with E-state index in [9.17, 15) is 19.2 Å². The second-order valence-electron chi connectivity index (χ2n) is 8.42. The number of carbonyl (C=O) groups excluding carboxylic acids is 2. The second kappa shape index (κ2) is 8.15. The van der Waals surface area contributed by atoms with Gasteiger partial charge in [0.1, 0.15) is 0 Å². The van der Waals surface area contributed by atoms with E-state index in [1.807, 2.05) is 37.3 Å². The molecule has 2 aromatic carbocycles. The van der Waals surface area contributed by atoms with Crippen molar-refractivity contribution in [2.24, 2.45) is 11.8 Å². The summed E-state index contributed by atoms with van der Waals surface area (Å²) in [4.78, 5) is 53.2. The van der Waals surface area contributed by atoms with Crippen LogP contribution in [0.3, 0.4) is 0 Å². The summed E-state index contributed by atoms with van der Waals surface area (Å²) in [5.74, 6) is -1.73. The lowest BCUT2D eigenvalue weighted by molar-refractivity contribution is -0.122. The fourth-order valence-corrected chi connectivity index (χ4v) is 4.97. The highest BCUT2D eigenvalue weighted by Gasteiger charge is 2.50. The minimum absolute atomic E-state index is 0.151. The number of amides is 2. The molecule has 1 aliphatic carbocycles. The molecule has 0 bridgehead atoms. The number of anilines is 1. The van der Waals surface area contributed by atoms with Crippen molar-refractivity contribution >= 4 is 33.4 Å². The Morgan fingerprint density at radius 3 is 2.36 bits per heavy atom. The molecule has 1 aromatic heterocycles. The first kappa shape index (κ1) is 21.4. The predicted molar refractivity (Wildman–Crippen MR) is 126 cm³/mol. The van der Waals surface area contributed by atoms with Gasteiger partial charge < -0.3 is 0 Å². The van der Waals surface area contributed by atoms with Crippen LogP contribution in [0.5, 0.6) is 0 Å². The van der Waals surface area contributed by atoms with Crippen molar-refractivity contribution in [1.29, 1.82) is 0 Å². The van der Waals surface area contributed by atoms with Crippen molar-refractivity contribution in [3.8, 4) is 0 Å². The molecule has 0 radical (unpaired) electrons. The summed E-state index contributed by atoms with van der Waals surface area (Å²) >= 11 is 3.36. The van der Waals surface area contributed by atoms with E-state index in [0.717, 1.165) is 20.2 Å². The van der Waals surface area contributed by atoms with E-state index in [4.69, 9.17) is 0 Å². The first-order valence-electron chi connectivity index (χ1n) is 10.6. The van der Waals surface area contributed by atoms with Gasteiger partial charge in [-0.25, -0.2) is 28.8 Å². The third-order valence-electron chi connectivity index (χ3n) is 6.40. The van der Waals surface area contributed by atoms with Crippen molar-refractivity contribution in [3.05, 3.63) is 97.3 Å². The van der Waals surface area contributed by atoms with E-state index in [2.05, 4.69) is 21.0 Å². The highest BCUT2D eigenvalue weighted by Crippen LogP contribution is 2.42. The zero-order valence-corrected chi connectivity index (χ0v) is 19.4. The van der Waals surface area contributed by atoms with Crippen LogP contribution in [0.1, 0.15) is 24.9 Å². The molecule has 2 aliphatic rings. The molecule has 168 valence electrons. The molecule has 1 saturated heterocycles. The minimum Gasteiger partial charge on any atom is -0.274 e. The van der Waals surface area contributed by atoms with Gasteiger partial charge in [-0.3, -0.25) is 9.59 Å². The maximum Gasteiger partial charge on any atom is 0.347 e. The van der Waals surface area contributed by atoms with Crippen LogP contribution in [0.4, 0.5) is 5.69 Å². The fourth-order valence-electron chi connectivity index (χ4n) is 4.70. The normalized spacial score (nSPS) is 22.4. The number of benzene rings is 2. The number of fused-ring (bicyclic) bond motifs is 1. The first-order valence-corrected chi connectivity index (χ1v) is 11.4. The number of carbonyl (C=O) groups is 2. The zero-order chi connectivity index (χ0) is 23.3. The van der Waals surface area contributed by atoms with Crippen molar-refractivity contribution in [2.75, 3.05) is 4.90 Å². The average Bonchev–Trinajstić information content (AvgIpc) is 3.21. The van der Waals surface area contributed by atoms with Crippen LogP contribution >= 0.6 is 15.9 Å². The summed E-state index contributed by atoms with van der Waals surface area (Å²) in [6, 6.07) is 15.7. The van der Waals surface area contributed by atoms with Gasteiger partial charge in [0, 0.05) is 4.47 Å². The van der Waals surface area contributed by atoms with E-state index in [0.29, 0.717) is 5.69 Å². The summed E-state index contributed by atoms with van der Waals surface area (Å²) in [6.45, 7) is 1.97. The summed E-state index contributed by atoms with van der Waals surface area (Å²) in [7, 11) is 0. The smallest absolute Gasteiger partial charge is 0.274 e. The Labute approximate surface area is 197 Å². The standard InChI is InChI=1S/C24H21BrN4O4/c1-14-11-18-19(22(31)28(21(18)30)17-9-7-16(25)8-10-17)12-20(14)29-24(33)27(23(32)26-29)13-15-5-3-2-4-6-15/h2-11,18-20H,12-13H2,1H3,(H,26,32)/t18-,19-,20+/m1/s1. The third-order valence-corrected chi connectivity index (χ3v) is 6.93. The Balaban J connectivity index is 1.46. The van der Waals surface area contributed by atoms with E-state index >= 15 is 0 Å². The molecular formula is C24H21BrN4O4. The van der Waals surface area contributed by atoms with E-state index in [1.165, 1.54) is 9.58 Å². The molecule has 8 nitrogen and oxygen atoms in total. The maximum atomic E-state index is 13.2. The summed E-state index contributed by atoms with van der Waals surface area (Å²) in [5.41, 5.74) is 1.14. The number of rotatable bonds is 4. The monoisotopic (exact) mass is 508 g/mol. The Morgan fingerprint density at radius 2 is 1.67 bits per heavy atom. The SMILES string of the molecule is CC1=C[C@H]2C(=O)N(c3ccc(Br)cc3)C(=O)[C@@H]2C[C@@H]1n1[nH]c(=O)n(Cc2ccccc2)c1=O. The zero-order valence-electron chi connectivity index (χ0n) is 17.8.